The molecule has 0 radical (unpaired) electrons. The Bertz CT molecular complexity index is 410. The van der Waals surface area contributed by atoms with Crippen molar-refractivity contribution >= 4 is 0 Å². The van der Waals surface area contributed by atoms with Crippen LogP contribution in [-0.2, 0) is 17.9 Å². The Labute approximate surface area is 91.5 Å². The fourth-order valence-electron chi connectivity index (χ4n) is 2.11. The van der Waals surface area contributed by atoms with Gasteiger partial charge in [-0.15, -0.1) is 0 Å². The number of hydrogen-bond donors (Lipinski definition) is 1. The highest BCUT2D eigenvalue weighted by atomic mass is 16.1. The highest BCUT2D eigenvalue weighted by Gasteiger charge is 2.31. The molecular formula is C12H22N2O. The van der Waals surface area contributed by atoms with E-state index in [1.165, 1.54) is 0 Å². The van der Waals surface area contributed by atoms with Crippen LogP contribution >= 0.6 is 0 Å². The van der Waals surface area contributed by atoms with Crippen molar-refractivity contribution in [3.05, 3.63) is 21.6 Å². The van der Waals surface area contributed by atoms with E-state index in [1.54, 1.807) is 0 Å². The number of nitrogens with one attached hydrogen (secondary N) is 1. The van der Waals surface area contributed by atoms with Gasteiger partial charge in [-0.1, -0.05) is 41.5 Å². The van der Waals surface area contributed by atoms with Crippen LogP contribution < -0.4 is 5.56 Å². The third-order valence-electron chi connectivity index (χ3n) is 2.53. The molecule has 1 aromatic rings. The van der Waals surface area contributed by atoms with E-state index in [0.717, 1.165) is 11.3 Å². The molecule has 86 valence electrons. The van der Waals surface area contributed by atoms with Crippen molar-refractivity contribution in [2.75, 3.05) is 0 Å². The molecule has 0 aromatic carbocycles. The maximum absolute atomic E-state index is 11.9. The first-order chi connectivity index (χ1) is 6.55. The fourth-order valence-corrected chi connectivity index (χ4v) is 2.11. The second-order valence-electron chi connectivity index (χ2n) is 6.22. The molecule has 1 N–H and O–H groups in total. The Kier molecular flexibility index (Phi) is 2.62. The second kappa shape index (κ2) is 3.26. The molecule has 1 rings (SSSR count). The van der Waals surface area contributed by atoms with Crippen LogP contribution in [0.25, 0.3) is 0 Å². The van der Waals surface area contributed by atoms with Gasteiger partial charge in [0.15, 0.2) is 0 Å². The maximum atomic E-state index is 11.9. The Hall–Kier alpha value is -0.990. The lowest BCUT2D eigenvalue weighted by Crippen LogP contribution is -2.26. The average Bonchev–Trinajstić information content (AvgIpc) is 2.22. The molecule has 0 spiro atoms. The van der Waals surface area contributed by atoms with E-state index in [9.17, 15) is 4.79 Å². The summed E-state index contributed by atoms with van der Waals surface area (Å²) in [6.07, 6.45) is 0. The highest BCUT2D eigenvalue weighted by Crippen LogP contribution is 2.30. The van der Waals surface area contributed by atoms with Crippen molar-refractivity contribution in [2.24, 2.45) is 7.05 Å². The third-order valence-corrected chi connectivity index (χ3v) is 2.53. The summed E-state index contributed by atoms with van der Waals surface area (Å²) in [6, 6.07) is 0. The number of rotatable bonds is 0. The summed E-state index contributed by atoms with van der Waals surface area (Å²) in [5.41, 5.74) is 1.90. The van der Waals surface area contributed by atoms with Gasteiger partial charge in [-0.3, -0.25) is 14.6 Å². The van der Waals surface area contributed by atoms with Crippen molar-refractivity contribution in [1.82, 2.24) is 9.78 Å². The fraction of sp³-hybridized carbons (Fsp3) is 0.750. The molecule has 0 saturated heterocycles. The summed E-state index contributed by atoms with van der Waals surface area (Å²) >= 11 is 0. The van der Waals surface area contributed by atoms with E-state index >= 15 is 0 Å². The monoisotopic (exact) mass is 210 g/mol. The molecule has 0 saturated carbocycles. The van der Waals surface area contributed by atoms with Crippen molar-refractivity contribution in [1.29, 1.82) is 0 Å². The molecule has 0 unspecified atom stereocenters. The van der Waals surface area contributed by atoms with Crippen LogP contribution in [0.5, 0.6) is 0 Å². The van der Waals surface area contributed by atoms with Crippen LogP contribution in [0.1, 0.15) is 52.8 Å². The summed E-state index contributed by atoms with van der Waals surface area (Å²) in [5, 5.41) is 2.85. The second-order valence-corrected chi connectivity index (χ2v) is 6.22. The molecule has 1 aromatic heterocycles. The van der Waals surface area contributed by atoms with Crippen molar-refractivity contribution < 1.29 is 0 Å². The number of aromatic nitrogens is 2. The van der Waals surface area contributed by atoms with Gasteiger partial charge in [0.25, 0.3) is 5.56 Å². The van der Waals surface area contributed by atoms with Crippen LogP contribution in [0, 0.1) is 0 Å². The summed E-state index contributed by atoms with van der Waals surface area (Å²) in [4.78, 5) is 11.9. The topological polar surface area (TPSA) is 37.8 Å². The lowest BCUT2D eigenvalue weighted by molar-refractivity contribution is 0.492. The molecule has 3 nitrogen and oxygen atoms in total. The smallest absolute Gasteiger partial charge is 0.268 e. The summed E-state index contributed by atoms with van der Waals surface area (Å²) < 4.78 is 1.85. The van der Waals surface area contributed by atoms with E-state index in [-0.39, 0.29) is 16.4 Å². The zero-order valence-electron chi connectivity index (χ0n) is 10.9. The predicted octanol–water partition coefficient (Wildman–Crippen LogP) is 2.31. The van der Waals surface area contributed by atoms with Crippen LogP contribution in [0.4, 0.5) is 0 Å². The summed E-state index contributed by atoms with van der Waals surface area (Å²) in [7, 11) is 1.90. The largest absolute Gasteiger partial charge is 0.291 e. The normalized spacial score (nSPS) is 13.3. The lowest BCUT2D eigenvalue weighted by atomic mass is 9.79. The standard InChI is InChI=1S/C12H22N2O/c1-11(2,3)8-9(12(4,5)6)14(7)13-10(8)15/h1-7H3,(H,13,15). The van der Waals surface area contributed by atoms with E-state index in [2.05, 4.69) is 46.6 Å². The molecule has 0 bridgehead atoms. The van der Waals surface area contributed by atoms with Gasteiger partial charge in [0, 0.05) is 23.7 Å². The number of nitrogens with zero attached hydrogens (tertiary/aromatic N) is 1. The van der Waals surface area contributed by atoms with Crippen LogP contribution in [-0.4, -0.2) is 9.78 Å². The van der Waals surface area contributed by atoms with Crippen molar-refractivity contribution in [3.63, 3.8) is 0 Å². The first kappa shape index (κ1) is 12.1. The minimum atomic E-state index is -0.114. The highest BCUT2D eigenvalue weighted by molar-refractivity contribution is 5.30. The predicted molar refractivity (Wildman–Crippen MR) is 63.4 cm³/mol. The first-order valence-corrected chi connectivity index (χ1v) is 5.35. The van der Waals surface area contributed by atoms with Gasteiger partial charge in [-0.25, -0.2) is 0 Å². The average molecular weight is 210 g/mol. The molecular weight excluding hydrogens is 188 g/mol. The Morgan fingerprint density at radius 1 is 1.00 bits per heavy atom. The molecule has 0 fully saturated rings. The van der Waals surface area contributed by atoms with E-state index in [1.807, 2.05) is 11.7 Å². The van der Waals surface area contributed by atoms with Gasteiger partial charge in [0.1, 0.15) is 0 Å². The quantitative estimate of drug-likeness (QED) is 0.701. The minimum Gasteiger partial charge on any atom is -0.291 e. The van der Waals surface area contributed by atoms with Crippen molar-refractivity contribution in [2.45, 2.75) is 52.4 Å². The van der Waals surface area contributed by atoms with Gasteiger partial charge in [-0.05, 0) is 5.41 Å². The molecule has 0 aliphatic carbocycles. The number of aromatic amines is 1. The van der Waals surface area contributed by atoms with Gasteiger partial charge in [0.05, 0.1) is 0 Å². The van der Waals surface area contributed by atoms with Gasteiger partial charge in [0.2, 0.25) is 0 Å². The minimum absolute atomic E-state index is 0.0173. The molecule has 0 aliphatic heterocycles. The molecule has 0 amide bonds. The zero-order valence-corrected chi connectivity index (χ0v) is 10.9. The van der Waals surface area contributed by atoms with Gasteiger partial charge >= 0.3 is 0 Å². The molecule has 0 aliphatic rings. The summed E-state index contributed by atoms with van der Waals surface area (Å²) in [6.45, 7) is 12.6. The third kappa shape index (κ3) is 2.16. The van der Waals surface area contributed by atoms with E-state index in [4.69, 9.17) is 0 Å². The van der Waals surface area contributed by atoms with Crippen LogP contribution in [0.2, 0.25) is 0 Å². The summed E-state index contributed by atoms with van der Waals surface area (Å²) in [5.74, 6) is 0. The molecule has 1 heterocycles. The Morgan fingerprint density at radius 3 is 1.73 bits per heavy atom. The van der Waals surface area contributed by atoms with Gasteiger partial charge < -0.3 is 0 Å². The number of hydrogen-bond acceptors (Lipinski definition) is 1. The van der Waals surface area contributed by atoms with Crippen LogP contribution in [0.3, 0.4) is 0 Å². The first-order valence-electron chi connectivity index (χ1n) is 5.35. The number of H-pyrrole nitrogens is 1. The van der Waals surface area contributed by atoms with E-state index in [0.29, 0.717) is 0 Å². The van der Waals surface area contributed by atoms with Gasteiger partial charge in [-0.2, -0.15) is 0 Å². The maximum Gasteiger partial charge on any atom is 0.268 e. The van der Waals surface area contributed by atoms with Crippen LogP contribution in [0.15, 0.2) is 4.79 Å². The van der Waals surface area contributed by atoms with E-state index < -0.39 is 0 Å². The molecule has 0 atom stereocenters. The lowest BCUT2D eigenvalue weighted by Gasteiger charge is -2.26. The Balaban J connectivity index is 3.59. The zero-order chi connectivity index (χ0) is 12.0. The van der Waals surface area contributed by atoms with Crippen molar-refractivity contribution in [3.8, 4) is 0 Å². The Morgan fingerprint density at radius 2 is 1.47 bits per heavy atom. The SMILES string of the molecule is Cn1[nH]c(=O)c(C(C)(C)C)c1C(C)(C)C. The molecule has 15 heavy (non-hydrogen) atoms. The number of aryl methyl sites for hydroxylation is 1. The molecule has 3 heteroatoms.